The Balaban J connectivity index is 1.38. The SMILES string of the molecule is CC(C)(C)OC(=O)N1CC[C@@H]2[C@H]1C(Sc1c[nH]c3cc(F)ccc13)CN2C(=O)OCc1ccccc1. The Morgan fingerprint density at radius 3 is 2.64 bits per heavy atom. The highest BCUT2D eigenvalue weighted by molar-refractivity contribution is 8.00. The maximum atomic E-state index is 13.7. The van der Waals surface area contributed by atoms with Gasteiger partial charge in [-0.1, -0.05) is 30.3 Å². The molecule has 0 aliphatic carbocycles. The summed E-state index contributed by atoms with van der Waals surface area (Å²) in [6.07, 6.45) is 1.75. The molecule has 2 aliphatic rings. The van der Waals surface area contributed by atoms with Gasteiger partial charge in [0, 0.05) is 40.3 Å². The summed E-state index contributed by atoms with van der Waals surface area (Å²) in [6, 6.07) is 13.8. The van der Waals surface area contributed by atoms with E-state index in [2.05, 4.69) is 4.98 Å². The number of hydrogen-bond acceptors (Lipinski definition) is 5. The monoisotopic (exact) mass is 511 g/mol. The smallest absolute Gasteiger partial charge is 0.410 e. The van der Waals surface area contributed by atoms with Crippen LogP contribution in [0.15, 0.2) is 59.6 Å². The number of hydrogen-bond donors (Lipinski definition) is 1. The van der Waals surface area contributed by atoms with E-state index in [1.807, 2.05) is 57.3 Å². The van der Waals surface area contributed by atoms with Crippen molar-refractivity contribution in [2.45, 2.75) is 61.6 Å². The second-order valence-corrected chi connectivity index (χ2v) is 11.5. The summed E-state index contributed by atoms with van der Waals surface area (Å²) >= 11 is 1.59. The number of nitrogens with one attached hydrogen (secondary N) is 1. The largest absolute Gasteiger partial charge is 0.445 e. The van der Waals surface area contributed by atoms with Crippen molar-refractivity contribution in [2.24, 2.45) is 0 Å². The Hall–Kier alpha value is -3.20. The van der Waals surface area contributed by atoms with Gasteiger partial charge in [-0.15, -0.1) is 11.8 Å². The quantitative estimate of drug-likeness (QED) is 0.479. The number of rotatable bonds is 4. The van der Waals surface area contributed by atoms with Gasteiger partial charge in [-0.3, -0.25) is 0 Å². The fourth-order valence-corrected chi connectivity index (χ4v) is 6.47. The van der Waals surface area contributed by atoms with Crippen LogP contribution in [0.2, 0.25) is 0 Å². The van der Waals surface area contributed by atoms with Gasteiger partial charge in [0.15, 0.2) is 0 Å². The number of halogens is 1. The molecule has 0 bridgehead atoms. The number of aromatic amines is 1. The Kier molecular flexibility index (Phi) is 6.59. The molecule has 1 N–H and O–H groups in total. The Morgan fingerprint density at radius 1 is 1.11 bits per heavy atom. The lowest BCUT2D eigenvalue weighted by atomic mass is 10.1. The number of fused-ring (bicyclic) bond motifs is 2. The highest BCUT2D eigenvalue weighted by Gasteiger charge is 2.53. The third-order valence-electron chi connectivity index (χ3n) is 6.53. The zero-order valence-corrected chi connectivity index (χ0v) is 21.4. The number of benzene rings is 2. The molecule has 3 heterocycles. The normalized spacial score (nSPS) is 21.6. The molecule has 2 saturated heterocycles. The standard InChI is InChI=1S/C27H30FN3O4S/c1-27(2,3)35-26(33)30-12-11-21-24(30)23(36-22-14-29-20-13-18(28)9-10-19(20)22)15-31(21)25(32)34-16-17-7-5-4-6-8-17/h4-10,13-14,21,23-24,29H,11-12,15-16H2,1-3H3/t21-,23?,24+/m1/s1. The molecule has 2 aromatic carbocycles. The number of amides is 2. The summed E-state index contributed by atoms with van der Waals surface area (Å²) in [5, 5.41) is 0.809. The van der Waals surface area contributed by atoms with Crippen LogP contribution in [0.5, 0.6) is 0 Å². The van der Waals surface area contributed by atoms with Crippen molar-refractivity contribution < 1.29 is 23.5 Å². The highest BCUT2D eigenvalue weighted by Crippen LogP contribution is 2.43. The lowest BCUT2D eigenvalue weighted by Crippen LogP contribution is -2.46. The molecule has 0 saturated carbocycles. The minimum absolute atomic E-state index is 0.0988. The van der Waals surface area contributed by atoms with Crippen molar-refractivity contribution in [2.75, 3.05) is 13.1 Å². The number of aromatic nitrogens is 1. The maximum Gasteiger partial charge on any atom is 0.410 e. The predicted molar refractivity (Wildman–Crippen MR) is 136 cm³/mol. The maximum absolute atomic E-state index is 13.7. The minimum atomic E-state index is -0.619. The summed E-state index contributed by atoms with van der Waals surface area (Å²) in [5.41, 5.74) is 1.01. The zero-order chi connectivity index (χ0) is 25.4. The third kappa shape index (κ3) is 5.02. The van der Waals surface area contributed by atoms with E-state index >= 15 is 0 Å². The van der Waals surface area contributed by atoms with E-state index in [-0.39, 0.29) is 41.9 Å². The van der Waals surface area contributed by atoms with Crippen molar-refractivity contribution in [1.82, 2.24) is 14.8 Å². The number of carbonyl (C=O) groups is 2. The van der Waals surface area contributed by atoms with E-state index in [0.29, 0.717) is 25.0 Å². The van der Waals surface area contributed by atoms with Crippen LogP contribution in [-0.2, 0) is 16.1 Å². The molecule has 0 spiro atoms. The first-order valence-corrected chi connectivity index (χ1v) is 13.0. The molecule has 0 radical (unpaired) electrons. The first-order chi connectivity index (χ1) is 17.2. The fourth-order valence-electron chi connectivity index (χ4n) is 5.01. The van der Waals surface area contributed by atoms with E-state index in [1.165, 1.54) is 12.1 Å². The second kappa shape index (κ2) is 9.69. The van der Waals surface area contributed by atoms with E-state index < -0.39 is 5.60 Å². The molecule has 7 nitrogen and oxygen atoms in total. The van der Waals surface area contributed by atoms with E-state index in [9.17, 15) is 14.0 Å². The second-order valence-electron chi connectivity index (χ2n) is 10.2. The van der Waals surface area contributed by atoms with Gasteiger partial charge in [0.25, 0.3) is 0 Å². The molecule has 9 heteroatoms. The minimum Gasteiger partial charge on any atom is -0.445 e. The number of H-pyrrole nitrogens is 1. The van der Waals surface area contributed by atoms with Crippen molar-refractivity contribution in [3.63, 3.8) is 0 Å². The lowest BCUT2D eigenvalue weighted by molar-refractivity contribution is 0.0223. The summed E-state index contributed by atoms with van der Waals surface area (Å²) < 4.78 is 25.0. The van der Waals surface area contributed by atoms with Crippen LogP contribution in [-0.4, -0.2) is 63.0 Å². The number of carbonyl (C=O) groups excluding carboxylic acids is 2. The molecule has 1 unspecified atom stereocenters. The molecule has 2 aliphatic heterocycles. The first kappa shape index (κ1) is 24.5. The van der Waals surface area contributed by atoms with Crippen LogP contribution in [0.25, 0.3) is 10.9 Å². The van der Waals surface area contributed by atoms with E-state index in [4.69, 9.17) is 9.47 Å². The van der Waals surface area contributed by atoms with Crippen molar-refractivity contribution in [3.05, 3.63) is 66.1 Å². The van der Waals surface area contributed by atoms with Gasteiger partial charge in [-0.25, -0.2) is 14.0 Å². The molecule has 1 aromatic heterocycles. The van der Waals surface area contributed by atoms with Gasteiger partial charge in [0.1, 0.15) is 18.0 Å². The van der Waals surface area contributed by atoms with Gasteiger partial charge in [0.05, 0.1) is 12.1 Å². The van der Waals surface area contributed by atoms with Crippen molar-refractivity contribution in [3.8, 4) is 0 Å². The zero-order valence-electron chi connectivity index (χ0n) is 20.6. The average molecular weight is 512 g/mol. The lowest BCUT2D eigenvalue weighted by Gasteiger charge is -2.30. The molecule has 2 fully saturated rings. The van der Waals surface area contributed by atoms with Crippen LogP contribution < -0.4 is 0 Å². The summed E-state index contributed by atoms with van der Waals surface area (Å²) in [4.78, 5) is 33.9. The third-order valence-corrected chi connectivity index (χ3v) is 7.85. The molecule has 36 heavy (non-hydrogen) atoms. The van der Waals surface area contributed by atoms with Crippen LogP contribution >= 0.6 is 11.8 Å². The Labute approximate surface area is 213 Å². The topological polar surface area (TPSA) is 74.9 Å². The highest BCUT2D eigenvalue weighted by atomic mass is 32.2. The van der Waals surface area contributed by atoms with Gasteiger partial charge >= 0.3 is 12.2 Å². The van der Waals surface area contributed by atoms with Gasteiger partial charge in [-0.2, -0.15) is 0 Å². The molecule has 3 aromatic rings. The molecule has 3 atom stereocenters. The van der Waals surface area contributed by atoms with Gasteiger partial charge in [-0.05, 0) is 51.0 Å². The van der Waals surface area contributed by atoms with E-state index in [0.717, 1.165) is 15.8 Å². The molecule has 2 amide bonds. The predicted octanol–water partition coefficient (Wildman–Crippen LogP) is 5.80. The van der Waals surface area contributed by atoms with Crippen LogP contribution in [0.1, 0.15) is 32.8 Å². The molecular weight excluding hydrogens is 481 g/mol. The summed E-state index contributed by atoms with van der Waals surface area (Å²) in [5.74, 6) is -0.305. The molecular formula is C27H30FN3O4S. The molecule has 190 valence electrons. The van der Waals surface area contributed by atoms with E-state index in [1.54, 1.807) is 27.6 Å². The average Bonchev–Trinajstić information content (AvgIpc) is 3.52. The van der Waals surface area contributed by atoms with Gasteiger partial charge in [0.2, 0.25) is 0 Å². The summed E-state index contributed by atoms with van der Waals surface area (Å²) in [6.45, 7) is 6.66. The number of likely N-dealkylation sites (tertiary alicyclic amines) is 2. The van der Waals surface area contributed by atoms with Crippen molar-refractivity contribution in [1.29, 1.82) is 0 Å². The van der Waals surface area contributed by atoms with Crippen LogP contribution in [0, 0.1) is 5.82 Å². The Morgan fingerprint density at radius 2 is 1.89 bits per heavy atom. The first-order valence-electron chi connectivity index (χ1n) is 12.1. The van der Waals surface area contributed by atoms with Crippen LogP contribution in [0.3, 0.4) is 0 Å². The Bertz CT molecular complexity index is 1260. The number of nitrogens with zero attached hydrogens (tertiary/aromatic N) is 2. The number of ether oxygens (including phenoxy) is 2. The fraction of sp³-hybridized carbons (Fsp3) is 0.407. The summed E-state index contributed by atoms with van der Waals surface area (Å²) in [7, 11) is 0. The van der Waals surface area contributed by atoms with Crippen LogP contribution in [0.4, 0.5) is 14.0 Å². The molecule has 5 rings (SSSR count). The number of thioether (sulfide) groups is 1. The van der Waals surface area contributed by atoms with Crippen molar-refractivity contribution >= 4 is 34.9 Å². The van der Waals surface area contributed by atoms with Gasteiger partial charge < -0.3 is 24.3 Å².